The molecule has 0 saturated heterocycles. The van der Waals surface area contributed by atoms with E-state index in [0.717, 1.165) is 24.5 Å². The summed E-state index contributed by atoms with van der Waals surface area (Å²) in [6.45, 7) is 9.92. The Bertz CT molecular complexity index is 1090. The van der Waals surface area contributed by atoms with Gasteiger partial charge < -0.3 is 14.5 Å². The SMILES string of the molecule is CCN(C)c1ccc2c(c1)N(CC)/C(=C/C1=CC(=C(C#N)C#N)C=C(C)O1)C=C2C. The van der Waals surface area contributed by atoms with Crippen molar-refractivity contribution in [1.82, 2.24) is 0 Å². The second-order valence-corrected chi connectivity index (χ2v) is 7.31. The van der Waals surface area contributed by atoms with Crippen LogP contribution in [0.1, 0.15) is 33.3 Å². The fraction of sp³-hybridized carbons (Fsp3) is 0.280. The number of allylic oxidation sites excluding steroid dienone is 8. The summed E-state index contributed by atoms with van der Waals surface area (Å²) in [6.07, 6.45) is 7.57. The fourth-order valence-electron chi connectivity index (χ4n) is 3.66. The van der Waals surface area contributed by atoms with E-state index in [-0.39, 0.29) is 5.57 Å². The zero-order valence-electron chi connectivity index (χ0n) is 18.2. The van der Waals surface area contributed by atoms with Crippen LogP contribution in [0.2, 0.25) is 0 Å². The van der Waals surface area contributed by atoms with Crippen molar-refractivity contribution in [2.75, 3.05) is 29.9 Å². The third-order valence-electron chi connectivity index (χ3n) is 5.34. The Hall–Kier alpha value is -3.70. The van der Waals surface area contributed by atoms with Crippen molar-refractivity contribution in [3.63, 3.8) is 0 Å². The van der Waals surface area contributed by atoms with E-state index in [1.54, 1.807) is 12.2 Å². The monoisotopic (exact) mass is 398 g/mol. The quantitative estimate of drug-likeness (QED) is 0.633. The Morgan fingerprint density at radius 1 is 1.13 bits per heavy atom. The minimum atomic E-state index is 0.0776. The molecule has 1 aromatic rings. The van der Waals surface area contributed by atoms with Gasteiger partial charge in [-0.1, -0.05) is 6.07 Å². The molecule has 0 N–H and O–H groups in total. The normalized spacial score (nSPS) is 16.5. The molecule has 152 valence electrons. The molecule has 3 rings (SSSR count). The first-order chi connectivity index (χ1) is 14.4. The minimum Gasteiger partial charge on any atom is -0.462 e. The summed E-state index contributed by atoms with van der Waals surface area (Å²) < 4.78 is 5.88. The Kier molecular flexibility index (Phi) is 6.14. The minimum absolute atomic E-state index is 0.0776. The summed E-state index contributed by atoms with van der Waals surface area (Å²) in [5.74, 6) is 1.25. The number of hydrogen-bond acceptors (Lipinski definition) is 5. The number of anilines is 2. The lowest BCUT2D eigenvalue weighted by Crippen LogP contribution is -2.26. The Morgan fingerprint density at radius 2 is 1.87 bits per heavy atom. The van der Waals surface area contributed by atoms with Gasteiger partial charge >= 0.3 is 0 Å². The third-order valence-corrected chi connectivity index (χ3v) is 5.34. The first kappa shape index (κ1) is 21.0. The van der Waals surface area contributed by atoms with Gasteiger partial charge in [-0.25, -0.2) is 0 Å². The molecule has 0 aliphatic carbocycles. The van der Waals surface area contributed by atoms with Crippen molar-refractivity contribution < 1.29 is 4.74 Å². The number of nitriles is 2. The highest BCUT2D eigenvalue weighted by Crippen LogP contribution is 2.38. The van der Waals surface area contributed by atoms with Gasteiger partial charge in [0, 0.05) is 48.7 Å². The van der Waals surface area contributed by atoms with Crippen LogP contribution in [-0.2, 0) is 4.74 Å². The van der Waals surface area contributed by atoms with Gasteiger partial charge in [-0.3, -0.25) is 0 Å². The highest BCUT2D eigenvalue weighted by atomic mass is 16.5. The van der Waals surface area contributed by atoms with Crippen molar-refractivity contribution in [2.45, 2.75) is 27.7 Å². The molecule has 0 bridgehead atoms. The van der Waals surface area contributed by atoms with Gasteiger partial charge in [0.15, 0.2) is 0 Å². The topological polar surface area (TPSA) is 63.3 Å². The molecule has 0 radical (unpaired) electrons. The van der Waals surface area contributed by atoms with Gasteiger partial charge in [-0.05, 0) is 63.6 Å². The van der Waals surface area contributed by atoms with Gasteiger partial charge in [0.1, 0.15) is 29.2 Å². The van der Waals surface area contributed by atoms with Crippen LogP contribution in [0.25, 0.3) is 5.57 Å². The number of likely N-dealkylation sites (N-methyl/N-ethyl adjacent to an activating group) is 1. The van der Waals surface area contributed by atoms with Crippen LogP contribution >= 0.6 is 0 Å². The van der Waals surface area contributed by atoms with Gasteiger partial charge in [0.25, 0.3) is 0 Å². The molecular weight excluding hydrogens is 372 g/mol. The van der Waals surface area contributed by atoms with Crippen LogP contribution in [0.5, 0.6) is 0 Å². The molecule has 1 aromatic carbocycles. The average molecular weight is 399 g/mol. The van der Waals surface area contributed by atoms with Crippen molar-refractivity contribution in [1.29, 1.82) is 10.5 Å². The second kappa shape index (κ2) is 8.76. The largest absolute Gasteiger partial charge is 0.462 e. The molecular formula is C25H26N4O. The lowest BCUT2D eigenvalue weighted by molar-refractivity contribution is 0.317. The molecule has 5 nitrogen and oxygen atoms in total. The van der Waals surface area contributed by atoms with Crippen molar-refractivity contribution in [3.05, 3.63) is 76.4 Å². The Morgan fingerprint density at radius 3 is 2.50 bits per heavy atom. The fourth-order valence-corrected chi connectivity index (χ4v) is 3.66. The predicted molar refractivity (Wildman–Crippen MR) is 121 cm³/mol. The van der Waals surface area contributed by atoms with E-state index in [9.17, 15) is 10.5 Å². The average Bonchev–Trinajstić information content (AvgIpc) is 2.73. The summed E-state index contributed by atoms with van der Waals surface area (Å²) in [5.41, 5.74) is 6.39. The maximum Gasteiger partial charge on any atom is 0.137 e. The van der Waals surface area contributed by atoms with Gasteiger partial charge in [-0.2, -0.15) is 10.5 Å². The van der Waals surface area contributed by atoms with E-state index < -0.39 is 0 Å². The third kappa shape index (κ3) is 4.02. The van der Waals surface area contributed by atoms with Gasteiger partial charge in [-0.15, -0.1) is 0 Å². The molecule has 0 saturated carbocycles. The van der Waals surface area contributed by atoms with Crippen molar-refractivity contribution >= 4 is 16.9 Å². The molecule has 2 aliphatic rings. The highest BCUT2D eigenvalue weighted by Gasteiger charge is 2.22. The van der Waals surface area contributed by atoms with Crippen LogP contribution < -0.4 is 9.80 Å². The van der Waals surface area contributed by atoms with E-state index in [0.29, 0.717) is 17.1 Å². The molecule has 0 amide bonds. The molecule has 30 heavy (non-hydrogen) atoms. The summed E-state index contributed by atoms with van der Waals surface area (Å²) in [6, 6.07) is 10.5. The van der Waals surface area contributed by atoms with E-state index in [1.807, 2.05) is 25.1 Å². The molecule has 0 unspecified atom stereocenters. The number of rotatable bonds is 4. The maximum absolute atomic E-state index is 9.22. The van der Waals surface area contributed by atoms with Crippen LogP contribution in [-0.4, -0.2) is 20.1 Å². The first-order valence-corrected chi connectivity index (χ1v) is 10.1. The molecule has 0 aromatic heterocycles. The zero-order valence-corrected chi connectivity index (χ0v) is 18.2. The number of nitrogens with zero attached hydrogens (tertiary/aromatic N) is 4. The highest BCUT2D eigenvalue weighted by molar-refractivity contribution is 5.85. The molecule has 5 heteroatoms. The second-order valence-electron chi connectivity index (χ2n) is 7.31. The Balaban J connectivity index is 2.09. The van der Waals surface area contributed by atoms with Crippen molar-refractivity contribution in [2.24, 2.45) is 0 Å². The molecule has 0 fully saturated rings. The van der Waals surface area contributed by atoms with E-state index >= 15 is 0 Å². The van der Waals surface area contributed by atoms with Crippen LogP contribution in [0.15, 0.2) is 70.9 Å². The van der Waals surface area contributed by atoms with E-state index in [2.05, 4.69) is 61.9 Å². The van der Waals surface area contributed by atoms with E-state index in [1.165, 1.54) is 16.8 Å². The first-order valence-electron chi connectivity index (χ1n) is 10.1. The lowest BCUT2D eigenvalue weighted by atomic mass is 9.97. The number of ether oxygens (including phenoxy) is 1. The van der Waals surface area contributed by atoms with Gasteiger partial charge in [0.2, 0.25) is 0 Å². The maximum atomic E-state index is 9.22. The Labute approximate surface area is 178 Å². The molecule has 2 heterocycles. The molecule has 2 aliphatic heterocycles. The van der Waals surface area contributed by atoms with Crippen LogP contribution in [0.3, 0.4) is 0 Å². The summed E-state index contributed by atoms with van der Waals surface area (Å²) in [7, 11) is 2.09. The predicted octanol–water partition coefficient (Wildman–Crippen LogP) is 5.43. The van der Waals surface area contributed by atoms with Gasteiger partial charge in [0.05, 0.1) is 5.69 Å². The van der Waals surface area contributed by atoms with Crippen molar-refractivity contribution in [3.8, 4) is 12.1 Å². The summed E-state index contributed by atoms with van der Waals surface area (Å²) >= 11 is 0. The van der Waals surface area contributed by atoms with Crippen LogP contribution in [0.4, 0.5) is 11.4 Å². The zero-order chi connectivity index (χ0) is 21.8. The van der Waals surface area contributed by atoms with E-state index in [4.69, 9.17) is 4.74 Å². The van der Waals surface area contributed by atoms with Crippen LogP contribution in [0, 0.1) is 22.7 Å². The lowest BCUT2D eigenvalue weighted by Gasteiger charge is -2.33. The number of fused-ring (bicyclic) bond motifs is 1. The molecule has 0 atom stereocenters. The number of hydrogen-bond donors (Lipinski definition) is 0. The summed E-state index contributed by atoms with van der Waals surface area (Å²) in [4.78, 5) is 4.47. The summed E-state index contributed by atoms with van der Waals surface area (Å²) in [5, 5.41) is 18.4. The number of benzene rings is 1. The smallest absolute Gasteiger partial charge is 0.137 e. The molecule has 0 spiro atoms. The standard InChI is InChI=1S/C25H26N4O/c1-6-28(5)21-8-9-24-17(3)10-22(29(7-2)25(24)14-21)13-23-12-19(11-18(4)30-23)20(15-26)16-27/h8-14H,6-7H2,1-5H3/b22-13+.